The quantitative estimate of drug-likeness (QED) is 0.882. The van der Waals surface area contributed by atoms with Gasteiger partial charge in [-0.1, -0.05) is 0 Å². The first kappa shape index (κ1) is 15.6. The third-order valence-corrected chi connectivity index (χ3v) is 2.80. The van der Waals surface area contributed by atoms with Crippen LogP contribution in [0.4, 0.5) is 4.79 Å². The number of amides is 1. The summed E-state index contributed by atoms with van der Waals surface area (Å²) < 4.78 is 6.72. The third kappa shape index (κ3) is 3.44. The van der Waals surface area contributed by atoms with Gasteiger partial charge in [-0.2, -0.15) is 5.26 Å². The third-order valence-electron chi connectivity index (χ3n) is 2.80. The maximum atomic E-state index is 11.9. The van der Waals surface area contributed by atoms with Crippen LogP contribution < -0.4 is 10.9 Å². The van der Waals surface area contributed by atoms with Gasteiger partial charge in [-0.15, -0.1) is 0 Å². The van der Waals surface area contributed by atoms with Gasteiger partial charge >= 0.3 is 6.09 Å². The molecule has 0 unspecified atom stereocenters. The van der Waals surface area contributed by atoms with Crippen LogP contribution in [0.1, 0.15) is 26.3 Å². The summed E-state index contributed by atoms with van der Waals surface area (Å²) in [5.41, 5.74) is 0.0786. The van der Waals surface area contributed by atoms with E-state index in [4.69, 9.17) is 10.00 Å². The molecule has 0 aliphatic carbocycles. The number of nitrogens with one attached hydrogen (secondary N) is 2. The molecule has 0 radical (unpaired) electrons. The first-order valence-electron chi connectivity index (χ1n) is 6.75. The van der Waals surface area contributed by atoms with Gasteiger partial charge in [-0.3, -0.25) is 4.79 Å². The topological polar surface area (TPSA) is 113 Å². The van der Waals surface area contributed by atoms with E-state index in [0.717, 1.165) is 0 Å². The van der Waals surface area contributed by atoms with Crippen LogP contribution in [0.3, 0.4) is 0 Å². The van der Waals surface area contributed by atoms with Crippen molar-refractivity contribution in [2.45, 2.75) is 32.9 Å². The molecule has 2 N–H and O–H groups in total. The van der Waals surface area contributed by atoms with Crippen LogP contribution in [-0.4, -0.2) is 32.8 Å². The Hall–Kier alpha value is -2.82. The second kappa shape index (κ2) is 5.89. The van der Waals surface area contributed by atoms with Crippen molar-refractivity contribution >= 4 is 17.1 Å². The largest absolute Gasteiger partial charge is 0.444 e. The lowest BCUT2D eigenvalue weighted by molar-refractivity contribution is 0.0526. The molecule has 0 saturated carbocycles. The standard InChI is InChI=1S/C14H17N5O3/c1-14(2,3)22-13(21)16-4-5-19-7-9(6-15)10-11(19)12(20)18-8-17-10/h7-8H,4-5H2,1-3H3,(H,16,21)(H,17,18,20). The van der Waals surface area contributed by atoms with Crippen LogP contribution in [0.25, 0.3) is 11.0 Å². The van der Waals surface area contributed by atoms with Crippen LogP contribution in [0.2, 0.25) is 0 Å². The SMILES string of the molecule is CC(C)(C)OC(=O)NCCn1cc(C#N)c2nc[nH]c(=O)c21. The Balaban J connectivity index is 2.12. The molecular formula is C14H17N5O3. The van der Waals surface area contributed by atoms with Crippen LogP contribution in [0, 0.1) is 11.3 Å². The van der Waals surface area contributed by atoms with Crippen molar-refractivity contribution in [1.29, 1.82) is 5.26 Å². The highest BCUT2D eigenvalue weighted by molar-refractivity contribution is 5.81. The number of hydrogen-bond acceptors (Lipinski definition) is 5. The molecule has 116 valence electrons. The van der Waals surface area contributed by atoms with Gasteiger partial charge in [0.1, 0.15) is 22.7 Å². The van der Waals surface area contributed by atoms with Crippen molar-refractivity contribution in [3.8, 4) is 6.07 Å². The molecule has 22 heavy (non-hydrogen) atoms. The fourth-order valence-corrected chi connectivity index (χ4v) is 1.99. The number of hydrogen-bond donors (Lipinski definition) is 2. The van der Waals surface area contributed by atoms with Crippen molar-refractivity contribution in [1.82, 2.24) is 19.9 Å². The summed E-state index contributed by atoms with van der Waals surface area (Å²) in [6, 6.07) is 2.00. The number of nitrogens with zero attached hydrogens (tertiary/aromatic N) is 3. The molecule has 2 rings (SSSR count). The minimum atomic E-state index is -0.570. The van der Waals surface area contributed by atoms with E-state index in [1.54, 1.807) is 31.5 Å². The Labute approximate surface area is 126 Å². The summed E-state index contributed by atoms with van der Waals surface area (Å²) >= 11 is 0. The number of ether oxygens (including phenoxy) is 1. The van der Waals surface area contributed by atoms with Gasteiger partial charge in [-0.25, -0.2) is 9.78 Å². The molecular weight excluding hydrogens is 286 g/mol. The normalized spacial score (nSPS) is 11.2. The van der Waals surface area contributed by atoms with E-state index in [1.807, 2.05) is 6.07 Å². The average molecular weight is 303 g/mol. The van der Waals surface area contributed by atoms with E-state index in [-0.39, 0.29) is 12.1 Å². The maximum absolute atomic E-state index is 11.9. The van der Waals surface area contributed by atoms with E-state index >= 15 is 0 Å². The number of alkyl carbamates (subject to hydrolysis) is 1. The lowest BCUT2D eigenvalue weighted by atomic mass is 10.2. The molecule has 8 heteroatoms. The number of rotatable bonds is 3. The molecule has 0 aliphatic heterocycles. The molecule has 0 atom stereocenters. The number of carbonyl (C=O) groups excluding carboxylic acids is 1. The maximum Gasteiger partial charge on any atom is 0.407 e. The van der Waals surface area contributed by atoms with Crippen LogP contribution in [0.15, 0.2) is 17.3 Å². The molecule has 8 nitrogen and oxygen atoms in total. The van der Waals surface area contributed by atoms with Gasteiger partial charge in [0, 0.05) is 19.3 Å². The molecule has 2 aromatic heterocycles. The summed E-state index contributed by atoms with van der Waals surface area (Å²) in [6.45, 7) is 5.91. The minimum Gasteiger partial charge on any atom is -0.444 e. The van der Waals surface area contributed by atoms with Gasteiger partial charge < -0.3 is 19.6 Å². The Morgan fingerprint density at radius 1 is 1.55 bits per heavy atom. The Morgan fingerprint density at radius 2 is 2.27 bits per heavy atom. The lowest BCUT2D eigenvalue weighted by Crippen LogP contribution is -2.34. The summed E-state index contributed by atoms with van der Waals surface area (Å²) in [5, 5.41) is 11.7. The zero-order valence-electron chi connectivity index (χ0n) is 12.6. The minimum absolute atomic E-state index is 0.262. The second-order valence-corrected chi connectivity index (χ2v) is 5.71. The van der Waals surface area contributed by atoms with Crippen LogP contribution >= 0.6 is 0 Å². The number of carbonyl (C=O) groups is 1. The van der Waals surface area contributed by atoms with E-state index in [0.29, 0.717) is 23.1 Å². The summed E-state index contributed by atoms with van der Waals surface area (Å²) in [7, 11) is 0. The number of H-pyrrole nitrogens is 1. The fraction of sp³-hybridized carbons (Fsp3) is 0.429. The molecule has 0 spiro atoms. The van der Waals surface area contributed by atoms with Gasteiger partial charge in [-0.05, 0) is 20.8 Å². The number of aromatic nitrogens is 3. The predicted octanol–water partition coefficient (Wildman–Crippen LogP) is 1.12. The predicted molar refractivity (Wildman–Crippen MR) is 79.3 cm³/mol. The van der Waals surface area contributed by atoms with Crippen LogP contribution in [0.5, 0.6) is 0 Å². The number of fused-ring (bicyclic) bond motifs is 1. The van der Waals surface area contributed by atoms with E-state index in [2.05, 4.69) is 15.3 Å². The highest BCUT2D eigenvalue weighted by atomic mass is 16.6. The average Bonchev–Trinajstić information content (AvgIpc) is 2.76. The summed E-state index contributed by atoms with van der Waals surface area (Å²) in [5.74, 6) is 0. The zero-order chi connectivity index (χ0) is 16.3. The molecule has 0 aliphatic rings. The highest BCUT2D eigenvalue weighted by Crippen LogP contribution is 2.14. The Kier molecular flexibility index (Phi) is 4.17. The smallest absolute Gasteiger partial charge is 0.407 e. The van der Waals surface area contributed by atoms with Crippen molar-refractivity contribution in [3.63, 3.8) is 0 Å². The first-order chi connectivity index (χ1) is 10.3. The van der Waals surface area contributed by atoms with E-state index in [9.17, 15) is 9.59 Å². The van der Waals surface area contributed by atoms with Gasteiger partial charge in [0.15, 0.2) is 0 Å². The number of aromatic amines is 1. The van der Waals surface area contributed by atoms with Gasteiger partial charge in [0.2, 0.25) is 0 Å². The molecule has 0 bridgehead atoms. The Bertz CT molecular complexity index is 791. The van der Waals surface area contributed by atoms with Gasteiger partial charge in [0.25, 0.3) is 5.56 Å². The highest BCUT2D eigenvalue weighted by Gasteiger charge is 2.16. The number of nitriles is 1. The van der Waals surface area contributed by atoms with Crippen molar-refractivity contribution in [2.24, 2.45) is 0 Å². The molecule has 1 amide bonds. The molecule has 0 saturated heterocycles. The van der Waals surface area contributed by atoms with Crippen molar-refractivity contribution in [3.05, 3.63) is 28.4 Å². The van der Waals surface area contributed by atoms with E-state index in [1.165, 1.54) is 6.33 Å². The van der Waals surface area contributed by atoms with Crippen molar-refractivity contribution < 1.29 is 9.53 Å². The van der Waals surface area contributed by atoms with E-state index < -0.39 is 11.7 Å². The molecule has 2 heterocycles. The Morgan fingerprint density at radius 3 is 2.91 bits per heavy atom. The summed E-state index contributed by atoms with van der Waals surface area (Å²) in [4.78, 5) is 29.9. The molecule has 0 fully saturated rings. The monoisotopic (exact) mass is 303 g/mol. The van der Waals surface area contributed by atoms with Crippen LogP contribution in [-0.2, 0) is 11.3 Å². The molecule has 0 aromatic carbocycles. The fourth-order valence-electron chi connectivity index (χ4n) is 1.99. The lowest BCUT2D eigenvalue weighted by Gasteiger charge is -2.19. The summed E-state index contributed by atoms with van der Waals surface area (Å²) in [6.07, 6.45) is 2.27. The second-order valence-electron chi connectivity index (χ2n) is 5.71. The first-order valence-corrected chi connectivity index (χ1v) is 6.75. The van der Waals surface area contributed by atoms with Crippen molar-refractivity contribution in [2.75, 3.05) is 6.54 Å². The zero-order valence-corrected chi connectivity index (χ0v) is 12.6. The van der Waals surface area contributed by atoms with Gasteiger partial charge in [0.05, 0.1) is 11.9 Å². The molecule has 2 aromatic rings.